The minimum absolute atomic E-state index is 0.000786. The Balaban J connectivity index is 1.50. The summed E-state index contributed by atoms with van der Waals surface area (Å²) in [6.07, 6.45) is 4.46. The Kier molecular flexibility index (Phi) is 15.1. The molecule has 0 radical (unpaired) electrons. The predicted octanol–water partition coefficient (Wildman–Crippen LogP) is 6.75. The van der Waals surface area contributed by atoms with Crippen LogP contribution in [0.1, 0.15) is 62.6 Å². The Morgan fingerprint density at radius 1 is 0.966 bits per heavy atom. The zero-order chi connectivity index (χ0) is 41.9. The maximum Gasteiger partial charge on any atom is 0.351 e. The third-order valence-electron chi connectivity index (χ3n) is 10.1. The van der Waals surface area contributed by atoms with Crippen LogP contribution in [0.5, 0.6) is 11.5 Å². The third-order valence-corrected chi connectivity index (χ3v) is 12.2. The second-order valence-corrected chi connectivity index (χ2v) is 15.9. The van der Waals surface area contributed by atoms with Gasteiger partial charge in [-0.05, 0) is 68.7 Å². The lowest BCUT2D eigenvalue weighted by Gasteiger charge is -2.39. The summed E-state index contributed by atoms with van der Waals surface area (Å²) in [5.74, 6) is 4.29. The summed E-state index contributed by atoms with van der Waals surface area (Å²) < 4.78 is 48.8. The van der Waals surface area contributed by atoms with Crippen LogP contribution in [0, 0.1) is 23.7 Å². The van der Waals surface area contributed by atoms with Crippen molar-refractivity contribution in [1.82, 2.24) is 14.2 Å². The fourth-order valence-corrected chi connectivity index (χ4v) is 9.21. The molecule has 0 amide bonds. The van der Waals surface area contributed by atoms with Gasteiger partial charge in [0.1, 0.15) is 42.0 Å². The van der Waals surface area contributed by atoms with Crippen molar-refractivity contribution in [3.8, 4) is 29.9 Å². The lowest BCUT2D eigenvalue weighted by molar-refractivity contribution is -0.0966. The number of hydrogen-bond acceptors (Lipinski definition) is 13. The minimum atomic E-state index is -1.82. The van der Waals surface area contributed by atoms with Gasteiger partial charge in [0.25, 0.3) is 8.53 Å². The highest BCUT2D eigenvalue weighted by atomic mass is 31.2. The van der Waals surface area contributed by atoms with Crippen LogP contribution in [0.4, 0.5) is 5.82 Å². The number of terminal acetylenes is 1. The Labute approximate surface area is 347 Å². The van der Waals surface area contributed by atoms with Gasteiger partial charge in [-0.15, -0.1) is 6.42 Å². The van der Waals surface area contributed by atoms with Gasteiger partial charge in [-0.3, -0.25) is 9.40 Å². The lowest BCUT2D eigenvalue weighted by atomic mass is 9.80. The van der Waals surface area contributed by atoms with Crippen LogP contribution in [0.25, 0.3) is 0 Å². The molecule has 312 valence electrons. The molecule has 0 saturated carbocycles. The van der Waals surface area contributed by atoms with Crippen LogP contribution >= 0.6 is 8.53 Å². The zero-order valence-electron chi connectivity index (χ0n) is 34.3. The molecule has 1 saturated heterocycles. The van der Waals surface area contributed by atoms with Crippen molar-refractivity contribution in [3.63, 3.8) is 0 Å². The van der Waals surface area contributed by atoms with E-state index in [0.717, 1.165) is 22.3 Å². The van der Waals surface area contributed by atoms with Crippen molar-refractivity contribution in [2.75, 3.05) is 46.1 Å². The topological polar surface area (TPSA) is 148 Å². The van der Waals surface area contributed by atoms with Gasteiger partial charge in [-0.2, -0.15) is 10.2 Å². The SMILES string of the molecule is C#CCO[C@@H]1[C@H](OP(OCCC#N)N(C(C)C)C(C)C)[C@@H](COC(c2ccccc2)(c2ccc(OC)cc2)c2ccc(OC)cc2)O[C@H]1n1cc2c(nc1=O)NOCC2. The average Bonchev–Trinajstić information content (AvgIpc) is 3.59. The van der Waals surface area contributed by atoms with E-state index in [4.69, 9.17) is 44.0 Å². The van der Waals surface area contributed by atoms with Gasteiger partial charge in [0.2, 0.25) is 0 Å². The predicted molar refractivity (Wildman–Crippen MR) is 223 cm³/mol. The molecule has 0 aliphatic carbocycles. The summed E-state index contributed by atoms with van der Waals surface area (Å²) in [7, 11) is 1.43. The first-order valence-electron chi connectivity index (χ1n) is 19.6. The number of rotatable bonds is 19. The van der Waals surface area contributed by atoms with Crippen LogP contribution in [-0.4, -0.2) is 85.3 Å². The molecule has 15 heteroatoms. The Morgan fingerprint density at radius 3 is 2.17 bits per heavy atom. The van der Waals surface area contributed by atoms with Crippen LogP contribution in [-0.2, 0) is 40.1 Å². The van der Waals surface area contributed by atoms with E-state index in [1.54, 1.807) is 20.4 Å². The van der Waals surface area contributed by atoms with E-state index in [-0.39, 0.29) is 38.3 Å². The van der Waals surface area contributed by atoms with Crippen molar-refractivity contribution in [3.05, 3.63) is 118 Å². The fraction of sp³-hybridized carbons (Fsp3) is 0.432. The van der Waals surface area contributed by atoms with Gasteiger partial charge in [0.05, 0.1) is 46.5 Å². The van der Waals surface area contributed by atoms with Gasteiger partial charge < -0.3 is 32.7 Å². The molecule has 1 fully saturated rings. The highest BCUT2D eigenvalue weighted by molar-refractivity contribution is 7.44. The zero-order valence-corrected chi connectivity index (χ0v) is 35.2. The summed E-state index contributed by atoms with van der Waals surface area (Å²) in [6, 6.07) is 27.5. The molecule has 1 N–H and O–H groups in total. The van der Waals surface area contributed by atoms with Crippen molar-refractivity contribution in [2.24, 2.45) is 0 Å². The summed E-state index contributed by atoms with van der Waals surface area (Å²) >= 11 is 0. The molecule has 14 nitrogen and oxygen atoms in total. The maximum atomic E-state index is 13.8. The van der Waals surface area contributed by atoms with Crippen LogP contribution in [0.2, 0.25) is 0 Å². The smallest absolute Gasteiger partial charge is 0.351 e. The fourth-order valence-electron chi connectivity index (χ4n) is 7.44. The Bertz CT molecular complexity index is 2050. The molecule has 2 aliphatic rings. The molecule has 1 unspecified atom stereocenters. The van der Waals surface area contributed by atoms with Gasteiger partial charge in [-0.25, -0.2) is 14.9 Å². The van der Waals surface area contributed by atoms with Gasteiger partial charge in [0.15, 0.2) is 12.0 Å². The van der Waals surface area contributed by atoms with Gasteiger partial charge in [0, 0.05) is 30.3 Å². The summed E-state index contributed by atoms with van der Waals surface area (Å²) in [4.78, 5) is 23.4. The monoisotopic (exact) mass is 825 g/mol. The standard InChI is InChI=1S/C44H52N5O9P/c1-8-25-53-40-39(58-59(56-26-12-24-45)49(30(2)3)31(4)5)38(57-42(40)48-28-32-23-27-55-47-41(32)46-43(48)50)29-54-44(33-13-10-9-11-14-33,34-15-19-36(51-6)20-16-34)35-17-21-37(52-7)22-18-35/h1,9-11,13-22,28,30-31,38-40,42H,12,23,25-27,29H2,2-7H3,(H,46,47,50)/t38-,39-,40-,42-,59?/m1/s1. The highest BCUT2D eigenvalue weighted by Gasteiger charge is 2.52. The second kappa shape index (κ2) is 20.4. The van der Waals surface area contributed by atoms with E-state index in [9.17, 15) is 10.1 Å². The molecular formula is C44H52N5O9P. The quantitative estimate of drug-likeness (QED) is 0.0461. The van der Waals surface area contributed by atoms with Crippen molar-refractivity contribution < 1.29 is 37.6 Å². The Morgan fingerprint density at radius 2 is 1.59 bits per heavy atom. The highest BCUT2D eigenvalue weighted by Crippen LogP contribution is 2.51. The molecule has 3 aromatic carbocycles. The summed E-state index contributed by atoms with van der Waals surface area (Å²) in [5, 5.41) is 9.44. The van der Waals surface area contributed by atoms with E-state index in [2.05, 4.69) is 54.8 Å². The molecule has 0 bridgehead atoms. The molecular weight excluding hydrogens is 773 g/mol. The molecule has 5 atom stereocenters. The number of nitrogens with one attached hydrogen (secondary N) is 1. The maximum absolute atomic E-state index is 13.8. The first kappa shape index (κ1) is 43.7. The second-order valence-electron chi connectivity index (χ2n) is 14.5. The largest absolute Gasteiger partial charge is 0.497 e. The number of hydrogen-bond donors (Lipinski definition) is 1. The number of methoxy groups -OCH3 is 2. The van der Waals surface area contributed by atoms with Crippen LogP contribution in [0.3, 0.4) is 0 Å². The van der Waals surface area contributed by atoms with Gasteiger partial charge in [-0.1, -0.05) is 60.5 Å². The molecule has 6 rings (SSSR count). The van der Waals surface area contributed by atoms with E-state index in [1.807, 2.05) is 78.9 Å². The van der Waals surface area contributed by atoms with Crippen LogP contribution < -0.4 is 20.6 Å². The Hall–Kier alpha value is -4.86. The van der Waals surface area contributed by atoms with Crippen molar-refractivity contribution >= 4 is 14.3 Å². The molecule has 1 aromatic heterocycles. The number of benzene rings is 3. The number of anilines is 1. The number of nitrogens with zero attached hydrogens (tertiary/aromatic N) is 4. The first-order chi connectivity index (χ1) is 28.6. The van der Waals surface area contributed by atoms with Crippen LogP contribution in [0.15, 0.2) is 89.9 Å². The van der Waals surface area contributed by atoms with Gasteiger partial charge >= 0.3 is 5.69 Å². The minimum Gasteiger partial charge on any atom is -0.497 e. The van der Waals surface area contributed by atoms with Crippen molar-refractivity contribution in [2.45, 2.75) is 82.8 Å². The number of aromatic nitrogens is 2. The number of ether oxygens (including phenoxy) is 5. The first-order valence-corrected chi connectivity index (χ1v) is 20.7. The third kappa shape index (κ3) is 9.79. The van der Waals surface area contributed by atoms with E-state index < -0.39 is 44.4 Å². The lowest BCUT2D eigenvalue weighted by Crippen LogP contribution is -2.43. The van der Waals surface area contributed by atoms with E-state index in [0.29, 0.717) is 30.3 Å². The summed E-state index contributed by atoms with van der Waals surface area (Å²) in [6.45, 7) is 8.60. The van der Waals surface area contributed by atoms with Crippen molar-refractivity contribution in [1.29, 1.82) is 5.26 Å². The molecule has 0 spiro atoms. The summed E-state index contributed by atoms with van der Waals surface area (Å²) in [5.41, 5.74) is 4.20. The molecule has 3 heterocycles. The number of fused-ring (bicyclic) bond motifs is 1. The molecule has 59 heavy (non-hydrogen) atoms. The molecule has 4 aromatic rings. The van der Waals surface area contributed by atoms with E-state index >= 15 is 0 Å². The number of nitriles is 1. The average molecular weight is 826 g/mol. The molecule has 2 aliphatic heterocycles. The van der Waals surface area contributed by atoms with E-state index in [1.165, 1.54) is 4.57 Å². The normalized spacial score (nSPS) is 19.5.